The van der Waals surface area contributed by atoms with Crippen molar-refractivity contribution in [2.24, 2.45) is 11.1 Å². The predicted molar refractivity (Wildman–Crippen MR) is 93.5 cm³/mol. The van der Waals surface area contributed by atoms with Gasteiger partial charge in [-0.15, -0.1) is 0 Å². The molecule has 0 aromatic heterocycles. The lowest BCUT2D eigenvalue weighted by molar-refractivity contribution is 0.272. The van der Waals surface area contributed by atoms with Crippen LogP contribution in [0.15, 0.2) is 16.6 Å². The molecule has 4 nitrogen and oxygen atoms in total. The van der Waals surface area contributed by atoms with Crippen LogP contribution in [0.4, 0.5) is 0 Å². The monoisotopic (exact) mass is 370 g/mol. The Kier molecular flexibility index (Phi) is 6.12. The van der Waals surface area contributed by atoms with E-state index in [4.69, 9.17) is 15.2 Å². The average molecular weight is 371 g/mol. The zero-order chi connectivity index (χ0) is 16.2. The fraction of sp³-hybridized carbons (Fsp3) is 0.647. The largest absolute Gasteiger partial charge is 0.493 e. The molecule has 1 atom stereocenters. The van der Waals surface area contributed by atoms with Gasteiger partial charge in [-0.3, -0.25) is 4.90 Å². The van der Waals surface area contributed by atoms with Crippen molar-refractivity contribution in [2.45, 2.75) is 33.2 Å². The van der Waals surface area contributed by atoms with Gasteiger partial charge >= 0.3 is 0 Å². The molecule has 1 aromatic carbocycles. The van der Waals surface area contributed by atoms with Crippen LogP contribution in [-0.2, 0) is 6.54 Å². The van der Waals surface area contributed by atoms with Crippen molar-refractivity contribution in [3.63, 3.8) is 0 Å². The molecular formula is C17H27BrN2O2. The molecule has 0 radical (unpaired) electrons. The summed E-state index contributed by atoms with van der Waals surface area (Å²) in [5.74, 6) is 1.58. The maximum absolute atomic E-state index is 5.89. The number of benzene rings is 1. The van der Waals surface area contributed by atoms with Gasteiger partial charge in [-0.25, -0.2) is 0 Å². The third kappa shape index (κ3) is 4.15. The first-order chi connectivity index (χ1) is 10.5. The van der Waals surface area contributed by atoms with Crippen LogP contribution in [0.25, 0.3) is 0 Å². The molecule has 1 unspecified atom stereocenters. The quantitative estimate of drug-likeness (QED) is 0.798. The van der Waals surface area contributed by atoms with Crippen molar-refractivity contribution in [2.75, 3.05) is 33.4 Å². The lowest BCUT2D eigenvalue weighted by Crippen LogP contribution is -2.31. The van der Waals surface area contributed by atoms with Crippen molar-refractivity contribution < 1.29 is 9.47 Å². The Morgan fingerprint density at radius 2 is 2.18 bits per heavy atom. The zero-order valence-corrected chi connectivity index (χ0v) is 15.4. The fourth-order valence-corrected chi connectivity index (χ4v) is 3.50. The molecule has 1 fully saturated rings. The molecule has 1 aromatic rings. The van der Waals surface area contributed by atoms with Gasteiger partial charge in [-0.1, -0.05) is 13.8 Å². The number of likely N-dealkylation sites (tertiary alicyclic amines) is 1. The van der Waals surface area contributed by atoms with Crippen LogP contribution in [0.3, 0.4) is 0 Å². The van der Waals surface area contributed by atoms with Crippen LogP contribution in [0.2, 0.25) is 0 Å². The molecule has 0 saturated carbocycles. The van der Waals surface area contributed by atoms with E-state index in [1.165, 1.54) is 12.0 Å². The molecule has 22 heavy (non-hydrogen) atoms. The number of methoxy groups -OCH3 is 1. The van der Waals surface area contributed by atoms with E-state index in [0.717, 1.165) is 48.6 Å². The van der Waals surface area contributed by atoms with Gasteiger partial charge in [0, 0.05) is 13.1 Å². The Labute approximate surface area is 142 Å². The van der Waals surface area contributed by atoms with Crippen LogP contribution in [0.1, 0.15) is 32.3 Å². The van der Waals surface area contributed by atoms with E-state index < -0.39 is 0 Å². The lowest BCUT2D eigenvalue weighted by Gasteiger charge is -2.23. The minimum atomic E-state index is 0.255. The molecule has 0 spiro atoms. The van der Waals surface area contributed by atoms with Gasteiger partial charge in [0.25, 0.3) is 0 Å². The first kappa shape index (κ1) is 17.6. The van der Waals surface area contributed by atoms with Gasteiger partial charge in [0.15, 0.2) is 11.5 Å². The highest BCUT2D eigenvalue weighted by Gasteiger charge is 2.32. The van der Waals surface area contributed by atoms with Crippen LogP contribution in [0, 0.1) is 5.41 Å². The van der Waals surface area contributed by atoms with Crippen molar-refractivity contribution in [3.05, 3.63) is 22.2 Å². The minimum Gasteiger partial charge on any atom is -0.493 e. The van der Waals surface area contributed by atoms with E-state index >= 15 is 0 Å². The highest BCUT2D eigenvalue weighted by atomic mass is 79.9. The molecule has 124 valence electrons. The third-order valence-corrected chi connectivity index (χ3v) is 4.86. The Morgan fingerprint density at radius 3 is 2.77 bits per heavy atom. The zero-order valence-electron chi connectivity index (χ0n) is 13.8. The Morgan fingerprint density at radius 1 is 1.41 bits per heavy atom. The summed E-state index contributed by atoms with van der Waals surface area (Å²) in [5, 5.41) is 0. The SMILES string of the molecule is CCCOc1c(Br)cc(CN2CCC(C)(CN)C2)cc1OC. The molecule has 1 aliphatic heterocycles. The molecule has 0 amide bonds. The van der Waals surface area contributed by atoms with Crippen molar-refractivity contribution in [3.8, 4) is 11.5 Å². The summed E-state index contributed by atoms with van der Waals surface area (Å²) in [7, 11) is 1.69. The first-order valence-corrected chi connectivity index (χ1v) is 8.72. The Balaban J connectivity index is 2.11. The minimum absolute atomic E-state index is 0.255. The number of nitrogens with two attached hydrogens (primary N) is 1. The molecule has 1 heterocycles. The number of halogens is 1. The van der Waals surface area contributed by atoms with Crippen molar-refractivity contribution in [1.29, 1.82) is 0 Å². The third-order valence-electron chi connectivity index (χ3n) is 4.28. The number of rotatable bonds is 7. The number of nitrogens with zero attached hydrogens (tertiary/aromatic N) is 1. The fourth-order valence-electron chi connectivity index (χ4n) is 2.89. The van der Waals surface area contributed by atoms with Gasteiger partial charge in [-0.2, -0.15) is 0 Å². The van der Waals surface area contributed by atoms with E-state index in [1.807, 2.05) is 0 Å². The number of hydrogen-bond donors (Lipinski definition) is 1. The second-order valence-corrected chi connectivity index (χ2v) is 7.29. The van der Waals surface area contributed by atoms with E-state index in [2.05, 4.69) is 46.8 Å². The molecule has 2 N–H and O–H groups in total. The molecule has 5 heteroatoms. The average Bonchev–Trinajstić information content (AvgIpc) is 2.87. The molecular weight excluding hydrogens is 344 g/mol. The summed E-state index contributed by atoms with van der Waals surface area (Å²) < 4.78 is 12.2. The van der Waals surface area contributed by atoms with Gasteiger partial charge < -0.3 is 15.2 Å². The normalized spacial score (nSPS) is 22.0. The highest BCUT2D eigenvalue weighted by Crippen LogP contribution is 2.38. The van der Waals surface area contributed by atoms with Crippen molar-refractivity contribution in [1.82, 2.24) is 4.90 Å². The van der Waals surface area contributed by atoms with E-state index in [1.54, 1.807) is 7.11 Å². The van der Waals surface area contributed by atoms with Crippen LogP contribution in [0.5, 0.6) is 11.5 Å². The lowest BCUT2D eigenvalue weighted by atomic mass is 9.90. The summed E-state index contributed by atoms with van der Waals surface area (Å²) in [5.41, 5.74) is 7.37. The van der Waals surface area contributed by atoms with E-state index in [0.29, 0.717) is 6.61 Å². The summed E-state index contributed by atoms with van der Waals surface area (Å²) >= 11 is 3.61. The maximum Gasteiger partial charge on any atom is 0.175 e. The van der Waals surface area contributed by atoms with Gasteiger partial charge in [0.05, 0.1) is 18.2 Å². The van der Waals surface area contributed by atoms with Gasteiger partial charge in [0.1, 0.15) is 0 Å². The summed E-state index contributed by atoms with van der Waals surface area (Å²) in [6.07, 6.45) is 2.14. The van der Waals surface area contributed by atoms with Crippen molar-refractivity contribution >= 4 is 15.9 Å². The first-order valence-electron chi connectivity index (χ1n) is 7.93. The summed E-state index contributed by atoms with van der Waals surface area (Å²) in [6.45, 7) is 8.87. The summed E-state index contributed by atoms with van der Waals surface area (Å²) in [4.78, 5) is 2.46. The second kappa shape index (κ2) is 7.66. The standard InChI is InChI=1S/C17H27BrN2O2/c1-4-7-22-16-14(18)8-13(9-15(16)21-3)10-20-6-5-17(2,11-19)12-20/h8-9H,4-7,10-12,19H2,1-3H3. The topological polar surface area (TPSA) is 47.7 Å². The van der Waals surface area contributed by atoms with Crippen LogP contribution >= 0.6 is 15.9 Å². The van der Waals surface area contributed by atoms with E-state index in [9.17, 15) is 0 Å². The molecule has 0 aliphatic carbocycles. The van der Waals surface area contributed by atoms with Gasteiger partial charge in [0.2, 0.25) is 0 Å². The summed E-state index contributed by atoms with van der Waals surface area (Å²) in [6, 6.07) is 4.21. The van der Waals surface area contributed by atoms with E-state index in [-0.39, 0.29) is 5.41 Å². The number of hydrogen-bond acceptors (Lipinski definition) is 4. The number of ether oxygens (including phenoxy) is 2. The highest BCUT2D eigenvalue weighted by molar-refractivity contribution is 9.10. The molecule has 2 rings (SSSR count). The van der Waals surface area contributed by atoms with Gasteiger partial charge in [-0.05, 0) is 65.0 Å². The molecule has 0 bridgehead atoms. The van der Waals surface area contributed by atoms with Crippen LogP contribution < -0.4 is 15.2 Å². The molecule has 1 saturated heterocycles. The Bertz CT molecular complexity index is 510. The second-order valence-electron chi connectivity index (χ2n) is 6.43. The smallest absolute Gasteiger partial charge is 0.175 e. The maximum atomic E-state index is 5.89. The predicted octanol–water partition coefficient (Wildman–Crippen LogP) is 3.42. The van der Waals surface area contributed by atoms with Crippen LogP contribution in [-0.4, -0.2) is 38.3 Å². The molecule has 1 aliphatic rings. The Hall–Kier alpha value is -0.780.